The van der Waals surface area contributed by atoms with Gasteiger partial charge in [0, 0.05) is 18.5 Å². The van der Waals surface area contributed by atoms with Crippen LogP contribution in [0.5, 0.6) is 11.6 Å². The number of hydrogen-bond acceptors (Lipinski definition) is 9. The highest BCUT2D eigenvalue weighted by atomic mass is 19.1. The van der Waals surface area contributed by atoms with Crippen molar-refractivity contribution < 1.29 is 37.7 Å². The normalized spacial score (nSPS) is 15.0. The van der Waals surface area contributed by atoms with Gasteiger partial charge in [-0.05, 0) is 62.2 Å². The molecule has 4 aromatic rings. The molecule has 0 saturated carbocycles. The SMILES string of the molecule is COC(=O)CCCN1CCC[C@@H](Oc2ncnc3oc(-c4ccccc4F)c(-c4ccc(OC)cc4)c23)C1.O=CO. The van der Waals surface area contributed by atoms with Gasteiger partial charge in [-0.15, -0.1) is 0 Å². The number of esters is 1. The van der Waals surface area contributed by atoms with E-state index in [9.17, 15) is 9.18 Å². The van der Waals surface area contributed by atoms with Gasteiger partial charge in [0.25, 0.3) is 6.47 Å². The van der Waals surface area contributed by atoms with Gasteiger partial charge in [0.1, 0.15) is 35.1 Å². The number of carboxylic acid groups (broad SMARTS) is 1. The second kappa shape index (κ2) is 14.2. The molecule has 1 aliphatic heterocycles. The Balaban J connectivity index is 0.00000124. The molecule has 5 rings (SSSR count). The van der Waals surface area contributed by atoms with Crippen molar-refractivity contribution in [2.24, 2.45) is 0 Å². The summed E-state index contributed by atoms with van der Waals surface area (Å²) >= 11 is 0. The fraction of sp³-hybridized carbons (Fsp3) is 0.333. The Kier molecular flexibility index (Phi) is 10.2. The van der Waals surface area contributed by atoms with E-state index in [2.05, 4.69) is 14.9 Å². The van der Waals surface area contributed by atoms with Crippen LogP contribution in [0.3, 0.4) is 0 Å². The Bertz CT molecular complexity index is 1460. The molecule has 1 aliphatic rings. The minimum absolute atomic E-state index is 0.101. The van der Waals surface area contributed by atoms with E-state index in [0.717, 1.165) is 37.9 Å². The summed E-state index contributed by atoms with van der Waals surface area (Å²) in [6.07, 6.45) is 4.26. The smallest absolute Gasteiger partial charge is 0.305 e. The number of likely N-dealkylation sites (tertiary alicyclic amines) is 1. The third-order valence-corrected chi connectivity index (χ3v) is 6.77. The maximum absolute atomic E-state index is 14.9. The molecule has 41 heavy (non-hydrogen) atoms. The Morgan fingerprint density at radius 1 is 1.17 bits per heavy atom. The van der Waals surface area contributed by atoms with Crippen LogP contribution in [-0.2, 0) is 14.3 Å². The molecule has 3 heterocycles. The average molecular weight is 566 g/mol. The molecule has 1 N–H and O–H groups in total. The second-order valence-corrected chi connectivity index (χ2v) is 9.34. The maximum Gasteiger partial charge on any atom is 0.305 e. The lowest BCUT2D eigenvalue weighted by molar-refractivity contribution is -0.140. The minimum Gasteiger partial charge on any atom is -0.497 e. The van der Waals surface area contributed by atoms with E-state index in [0.29, 0.717) is 52.6 Å². The first-order valence-corrected chi connectivity index (χ1v) is 13.2. The number of ether oxygens (including phenoxy) is 3. The summed E-state index contributed by atoms with van der Waals surface area (Å²) in [7, 11) is 3.01. The number of halogens is 1. The summed E-state index contributed by atoms with van der Waals surface area (Å²) in [6, 6.07) is 14.0. The van der Waals surface area contributed by atoms with Gasteiger partial charge in [0.15, 0.2) is 0 Å². The van der Waals surface area contributed by atoms with Crippen LogP contribution in [0.2, 0.25) is 0 Å². The van der Waals surface area contributed by atoms with Gasteiger partial charge in [-0.2, -0.15) is 0 Å². The number of carbonyl (C=O) groups is 2. The lowest BCUT2D eigenvalue weighted by atomic mass is 9.99. The number of piperidine rings is 1. The van der Waals surface area contributed by atoms with E-state index in [-0.39, 0.29) is 18.5 Å². The Labute approximate surface area is 236 Å². The number of fused-ring (bicyclic) bond motifs is 1. The largest absolute Gasteiger partial charge is 0.497 e. The van der Waals surface area contributed by atoms with Crippen molar-refractivity contribution in [2.75, 3.05) is 33.9 Å². The van der Waals surface area contributed by atoms with Gasteiger partial charge in [-0.25, -0.2) is 14.4 Å². The van der Waals surface area contributed by atoms with Crippen LogP contribution < -0.4 is 9.47 Å². The van der Waals surface area contributed by atoms with Crippen molar-refractivity contribution in [2.45, 2.75) is 31.8 Å². The van der Waals surface area contributed by atoms with E-state index in [1.165, 1.54) is 19.5 Å². The third kappa shape index (κ3) is 7.17. The third-order valence-electron chi connectivity index (χ3n) is 6.77. The van der Waals surface area contributed by atoms with Gasteiger partial charge in [-0.3, -0.25) is 14.5 Å². The first-order valence-electron chi connectivity index (χ1n) is 13.2. The van der Waals surface area contributed by atoms with Crippen LogP contribution in [0.25, 0.3) is 33.6 Å². The minimum atomic E-state index is -0.397. The van der Waals surface area contributed by atoms with Gasteiger partial charge in [0.05, 0.1) is 19.8 Å². The molecule has 2 aromatic heterocycles. The number of carbonyl (C=O) groups excluding carboxylic acids is 1. The monoisotopic (exact) mass is 565 g/mol. The number of nitrogens with zero attached hydrogens (tertiary/aromatic N) is 3. The fourth-order valence-corrected chi connectivity index (χ4v) is 4.88. The van der Waals surface area contributed by atoms with Gasteiger partial charge in [-0.1, -0.05) is 24.3 Å². The van der Waals surface area contributed by atoms with Crippen LogP contribution in [0.15, 0.2) is 59.3 Å². The summed E-state index contributed by atoms with van der Waals surface area (Å²) in [6.45, 7) is 2.19. The van der Waals surface area contributed by atoms with E-state index in [4.69, 9.17) is 28.5 Å². The lowest BCUT2D eigenvalue weighted by Crippen LogP contribution is -2.41. The standard InChI is InChI=1S/C29H30FN3O5.CH2O2/c1-35-20-13-11-19(12-14-20)25-26-28(37-21-7-5-15-33(17-21)16-6-10-24(34)36-2)31-18-32-29(26)38-27(25)22-8-3-4-9-23(22)30;2-1-3/h3-4,8-9,11-14,18,21H,5-7,10,15-17H2,1-2H3;1H,(H,2,3)/t21-;/m1./s1. The average Bonchev–Trinajstić information content (AvgIpc) is 3.38. The van der Waals surface area contributed by atoms with Gasteiger partial charge in [0.2, 0.25) is 11.6 Å². The number of methoxy groups -OCH3 is 2. The molecule has 10 nitrogen and oxygen atoms in total. The van der Waals surface area contributed by atoms with Crippen LogP contribution >= 0.6 is 0 Å². The highest BCUT2D eigenvalue weighted by Crippen LogP contribution is 2.44. The number of benzene rings is 2. The van der Waals surface area contributed by atoms with E-state index >= 15 is 0 Å². The highest BCUT2D eigenvalue weighted by Gasteiger charge is 2.27. The first kappa shape index (κ1) is 29.5. The molecule has 0 radical (unpaired) electrons. The summed E-state index contributed by atoms with van der Waals surface area (Å²) in [5.74, 6) is 0.868. The van der Waals surface area contributed by atoms with Crippen molar-refractivity contribution in [3.8, 4) is 34.1 Å². The molecule has 2 aromatic carbocycles. The van der Waals surface area contributed by atoms with Crippen molar-refractivity contribution >= 4 is 23.5 Å². The van der Waals surface area contributed by atoms with Crippen LogP contribution in [0, 0.1) is 5.82 Å². The zero-order valence-electron chi connectivity index (χ0n) is 22.9. The van der Waals surface area contributed by atoms with Crippen molar-refractivity contribution in [3.63, 3.8) is 0 Å². The molecule has 1 fully saturated rings. The molecular formula is C30H32FN3O7. The molecule has 0 aliphatic carbocycles. The number of furan rings is 1. The zero-order chi connectivity index (χ0) is 29.2. The predicted molar refractivity (Wildman–Crippen MR) is 149 cm³/mol. The highest BCUT2D eigenvalue weighted by molar-refractivity contribution is 6.03. The van der Waals surface area contributed by atoms with Gasteiger partial charge >= 0.3 is 5.97 Å². The van der Waals surface area contributed by atoms with Crippen LogP contribution in [0.4, 0.5) is 4.39 Å². The predicted octanol–water partition coefficient (Wildman–Crippen LogP) is 5.20. The Hall–Kier alpha value is -4.51. The van der Waals surface area contributed by atoms with Crippen molar-refractivity contribution in [1.82, 2.24) is 14.9 Å². The quantitative estimate of drug-likeness (QED) is 0.214. The summed E-state index contributed by atoms with van der Waals surface area (Å²) in [4.78, 5) is 31.0. The fourth-order valence-electron chi connectivity index (χ4n) is 4.88. The van der Waals surface area contributed by atoms with E-state index < -0.39 is 5.82 Å². The summed E-state index contributed by atoms with van der Waals surface area (Å²) in [5.41, 5.74) is 2.12. The molecule has 0 unspecified atom stereocenters. The van der Waals surface area contributed by atoms with Crippen LogP contribution in [0.1, 0.15) is 25.7 Å². The molecule has 0 amide bonds. The van der Waals surface area contributed by atoms with Crippen molar-refractivity contribution in [1.29, 1.82) is 0 Å². The van der Waals surface area contributed by atoms with Crippen molar-refractivity contribution in [3.05, 3.63) is 60.7 Å². The lowest BCUT2D eigenvalue weighted by Gasteiger charge is -2.32. The molecule has 216 valence electrons. The molecular weight excluding hydrogens is 533 g/mol. The molecule has 0 bridgehead atoms. The molecule has 11 heteroatoms. The summed E-state index contributed by atoms with van der Waals surface area (Å²) in [5, 5.41) is 7.48. The first-order chi connectivity index (χ1) is 20.0. The van der Waals surface area contributed by atoms with Crippen LogP contribution in [-0.4, -0.2) is 72.4 Å². The van der Waals surface area contributed by atoms with E-state index in [1.807, 2.05) is 24.3 Å². The Morgan fingerprint density at radius 3 is 2.63 bits per heavy atom. The molecule has 0 spiro atoms. The Morgan fingerprint density at radius 2 is 1.93 bits per heavy atom. The second-order valence-electron chi connectivity index (χ2n) is 9.34. The number of aromatic nitrogens is 2. The van der Waals surface area contributed by atoms with Gasteiger partial charge < -0.3 is 23.7 Å². The zero-order valence-corrected chi connectivity index (χ0v) is 22.9. The maximum atomic E-state index is 14.9. The van der Waals surface area contributed by atoms with E-state index in [1.54, 1.807) is 25.3 Å². The summed E-state index contributed by atoms with van der Waals surface area (Å²) < 4.78 is 37.6. The molecule has 1 saturated heterocycles. The molecule has 1 atom stereocenters. The number of hydrogen-bond donors (Lipinski definition) is 1. The number of rotatable bonds is 9. The topological polar surface area (TPSA) is 124 Å².